The number of aryl methyl sites for hydroxylation is 1. The summed E-state index contributed by atoms with van der Waals surface area (Å²) in [6.07, 6.45) is 0.598. The number of thiophene rings is 1. The highest BCUT2D eigenvalue weighted by atomic mass is 32.1. The van der Waals surface area contributed by atoms with Crippen LogP contribution in [0.25, 0.3) is 38.5 Å². The van der Waals surface area contributed by atoms with Gasteiger partial charge in [0.05, 0.1) is 24.3 Å². The van der Waals surface area contributed by atoms with Crippen molar-refractivity contribution >= 4 is 33.6 Å². The molecule has 2 aromatic carbocycles. The number of aromatic nitrogens is 1. The molecule has 0 saturated heterocycles. The monoisotopic (exact) mass is 519 g/mol. The largest absolute Gasteiger partial charge is 0.481 e. The Labute approximate surface area is 219 Å². The van der Waals surface area contributed by atoms with Gasteiger partial charge in [-0.2, -0.15) is 0 Å². The maximum Gasteiger partial charge on any atom is 0.305 e. The first-order valence-electron chi connectivity index (χ1n) is 12.2. The predicted molar refractivity (Wildman–Crippen MR) is 147 cm³/mol. The van der Waals surface area contributed by atoms with Gasteiger partial charge in [-0.15, -0.1) is 11.3 Å². The number of hydrogen-bond acceptors (Lipinski definition) is 5. The second-order valence-electron chi connectivity index (χ2n) is 9.44. The van der Waals surface area contributed by atoms with Gasteiger partial charge in [0.25, 0.3) is 0 Å². The molecule has 192 valence electrons. The predicted octanol–water partition coefficient (Wildman–Crippen LogP) is 6.80. The highest BCUT2D eigenvalue weighted by Gasteiger charge is 2.23. The van der Waals surface area contributed by atoms with Crippen molar-refractivity contribution in [1.82, 2.24) is 4.98 Å². The standard InChI is InChI=1S/C30H30FNO4S/c1-17(2)29-24(14-13-22(33)15-23(34)16-25(35)36)27(20-9-11-21(31)12-10-20)28-26(18(3)37-30(28)32-29)19-7-5-4-6-8-19/h4-14,17,22-23,33-34H,15-16H2,1-3H3,(H,35,36)/b14-13+/t22-,23-/m1/s1. The van der Waals surface area contributed by atoms with E-state index in [9.17, 15) is 19.4 Å². The Hall–Kier alpha value is -3.39. The van der Waals surface area contributed by atoms with Crippen molar-refractivity contribution in [3.05, 3.63) is 82.6 Å². The molecule has 0 aliphatic rings. The van der Waals surface area contributed by atoms with Crippen molar-refractivity contribution in [3.63, 3.8) is 0 Å². The van der Waals surface area contributed by atoms with Crippen LogP contribution in [0.5, 0.6) is 0 Å². The summed E-state index contributed by atoms with van der Waals surface area (Å²) in [6.45, 7) is 6.17. The van der Waals surface area contributed by atoms with Crippen LogP contribution in [0, 0.1) is 12.7 Å². The van der Waals surface area contributed by atoms with Gasteiger partial charge < -0.3 is 15.3 Å². The summed E-state index contributed by atoms with van der Waals surface area (Å²) in [5, 5.41) is 30.4. The first kappa shape index (κ1) is 26.7. The summed E-state index contributed by atoms with van der Waals surface area (Å²) in [7, 11) is 0. The zero-order valence-electron chi connectivity index (χ0n) is 21.0. The van der Waals surface area contributed by atoms with Gasteiger partial charge >= 0.3 is 5.97 Å². The fraction of sp³-hybridized carbons (Fsp3) is 0.267. The lowest BCUT2D eigenvalue weighted by Crippen LogP contribution is -2.19. The van der Waals surface area contributed by atoms with E-state index in [4.69, 9.17) is 10.1 Å². The second kappa shape index (κ2) is 11.3. The number of nitrogens with zero attached hydrogens (tertiary/aromatic N) is 1. The van der Waals surface area contributed by atoms with Crippen LogP contribution in [0.1, 0.15) is 48.7 Å². The van der Waals surface area contributed by atoms with Gasteiger partial charge in [0.1, 0.15) is 10.6 Å². The first-order valence-corrected chi connectivity index (χ1v) is 13.0. The van der Waals surface area contributed by atoms with Crippen LogP contribution in [0.15, 0.2) is 60.7 Å². The maximum atomic E-state index is 13.9. The Bertz CT molecular complexity index is 1430. The number of fused-ring (bicyclic) bond motifs is 1. The minimum atomic E-state index is -1.16. The summed E-state index contributed by atoms with van der Waals surface area (Å²) < 4.78 is 13.9. The smallest absolute Gasteiger partial charge is 0.305 e. The second-order valence-corrected chi connectivity index (χ2v) is 10.6. The third kappa shape index (κ3) is 5.96. The van der Waals surface area contributed by atoms with Gasteiger partial charge in [0, 0.05) is 33.4 Å². The summed E-state index contributed by atoms with van der Waals surface area (Å²) in [5.41, 5.74) is 5.48. The number of aliphatic hydroxyl groups is 2. The Balaban J connectivity index is 1.97. The fourth-order valence-electron chi connectivity index (χ4n) is 4.60. The van der Waals surface area contributed by atoms with Crippen LogP contribution in [-0.4, -0.2) is 38.5 Å². The number of rotatable bonds is 9. The lowest BCUT2D eigenvalue weighted by atomic mass is 9.89. The molecule has 7 heteroatoms. The molecule has 0 saturated carbocycles. The third-order valence-corrected chi connectivity index (χ3v) is 7.23. The molecule has 0 spiro atoms. The highest BCUT2D eigenvalue weighted by Crippen LogP contribution is 2.46. The molecule has 2 aromatic heterocycles. The van der Waals surface area contributed by atoms with Crippen molar-refractivity contribution in [2.45, 2.75) is 51.7 Å². The van der Waals surface area contributed by atoms with E-state index in [0.29, 0.717) is 0 Å². The molecule has 5 nitrogen and oxygen atoms in total. The molecule has 2 atom stereocenters. The Kier molecular flexibility index (Phi) is 8.17. The molecule has 0 bridgehead atoms. The van der Waals surface area contributed by atoms with E-state index in [1.807, 2.05) is 32.0 Å². The molecule has 0 aliphatic heterocycles. The zero-order valence-corrected chi connectivity index (χ0v) is 21.8. The number of hydrogen-bond donors (Lipinski definition) is 3. The van der Waals surface area contributed by atoms with Gasteiger partial charge in [0.2, 0.25) is 0 Å². The molecular formula is C30H30FNO4S. The lowest BCUT2D eigenvalue weighted by molar-refractivity contribution is -0.139. The zero-order chi connectivity index (χ0) is 26.7. The topological polar surface area (TPSA) is 90.7 Å². The minimum Gasteiger partial charge on any atom is -0.481 e. The summed E-state index contributed by atoms with van der Waals surface area (Å²) in [4.78, 5) is 17.9. The van der Waals surface area contributed by atoms with E-state index in [1.165, 1.54) is 12.1 Å². The number of carboxylic acids is 1. The van der Waals surface area contributed by atoms with Crippen LogP contribution < -0.4 is 0 Å². The van der Waals surface area contributed by atoms with Crippen molar-refractivity contribution in [2.75, 3.05) is 0 Å². The van der Waals surface area contributed by atoms with Gasteiger partial charge in [-0.05, 0) is 36.1 Å². The van der Waals surface area contributed by atoms with Crippen LogP contribution in [0.4, 0.5) is 4.39 Å². The third-order valence-electron chi connectivity index (χ3n) is 6.23. The number of carbonyl (C=O) groups is 1. The normalized spacial score (nSPS) is 13.5. The maximum absolute atomic E-state index is 13.9. The number of carboxylic acid groups (broad SMARTS) is 1. The summed E-state index contributed by atoms with van der Waals surface area (Å²) >= 11 is 1.62. The Morgan fingerprint density at radius 3 is 2.30 bits per heavy atom. The van der Waals surface area contributed by atoms with E-state index < -0.39 is 24.6 Å². The van der Waals surface area contributed by atoms with Gasteiger partial charge in [-0.25, -0.2) is 9.37 Å². The minimum absolute atomic E-state index is 0.0561. The molecule has 37 heavy (non-hydrogen) atoms. The SMILES string of the molecule is Cc1sc2nc(C(C)C)c(/C=C/[C@@H](O)C[C@@H](O)CC(=O)O)c(-c3ccc(F)cc3)c2c1-c1ccccc1. The molecule has 2 heterocycles. The van der Waals surface area contributed by atoms with Crippen LogP contribution in [-0.2, 0) is 4.79 Å². The molecule has 0 aliphatic carbocycles. The first-order chi connectivity index (χ1) is 17.7. The number of pyridine rings is 1. The Morgan fingerprint density at radius 1 is 1.03 bits per heavy atom. The van der Waals surface area contributed by atoms with Crippen molar-refractivity contribution in [1.29, 1.82) is 0 Å². The average molecular weight is 520 g/mol. The number of halogens is 1. The van der Waals surface area contributed by atoms with Crippen molar-refractivity contribution in [3.8, 4) is 22.3 Å². The molecule has 0 unspecified atom stereocenters. The number of benzene rings is 2. The number of aliphatic hydroxyl groups excluding tert-OH is 2. The molecule has 0 fully saturated rings. The van der Waals surface area contributed by atoms with E-state index in [0.717, 1.165) is 48.6 Å². The lowest BCUT2D eigenvalue weighted by Gasteiger charge is -2.18. The molecule has 4 aromatic rings. The fourth-order valence-corrected chi connectivity index (χ4v) is 5.66. The molecule has 0 amide bonds. The molecule has 0 radical (unpaired) electrons. The Morgan fingerprint density at radius 2 is 1.68 bits per heavy atom. The molecular weight excluding hydrogens is 489 g/mol. The summed E-state index contributed by atoms with van der Waals surface area (Å²) in [5.74, 6) is -1.40. The quantitative estimate of drug-likeness (QED) is 0.226. The van der Waals surface area contributed by atoms with E-state index in [1.54, 1.807) is 35.6 Å². The summed E-state index contributed by atoms with van der Waals surface area (Å²) in [6, 6.07) is 16.4. The van der Waals surface area contributed by atoms with Crippen molar-refractivity contribution in [2.24, 2.45) is 0 Å². The van der Waals surface area contributed by atoms with E-state index in [2.05, 4.69) is 19.1 Å². The van der Waals surface area contributed by atoms with E-state index >= 15 is 0 Å². The number of aliphatic carboxylic acids is 1. The molecule has 3 N–H and O–H groups in total. The van der Waals surface area contributed by atoms with Gasteiger partial charge in [0.15, 0.2) is 0 Å². The van der Waals surface area contributed by atoms with Gasteiger partial charge in [-0.1, -0.05) is 68.5 Å². The molecule has 4 rings (SSSR count). The highest BCUT2D eigenvalue weighted by molar-refractivity contribution is 7.19. The average Bonchev–Trinajstić information content (AvgIpc) is 3.17. The van der Waals surface area contributed by atoms with Crippen molar-refractivity contribution < 1.29 is 24.5 Å². The van der Waals surface area contributed by atoms with Crippen LogP contribution >= 0.6 is 11.3 Å². The van der Waals surface area contributed by atoms with Crippen LogP contribution in [0.2, 0.25) is 0 Å². The van der Waals surface area contributed by atoms with Crippen LogP contribution in [0.3, 0.4) is 0 Å². The van der Waals surface area contributed by atoms with Gasteiger partial charge in [-0.3, -0.25) is 4.79 Å². The van der Waals surface area contributed by atoms with E-state index in [-0.39, 0.29) is 18.2 Å².